The molecule has 8 heteroatoms. The topological polar surface area (TPSA) is 102 Å². The third-order valence-corrected chi connectivity index (χ3v) is 12.6. The Morgan fingerprint density at radius 2 is 1.97 bits per heavy atom. The van der Waals surface area contributed by atoms with Gasteiger partial charge in [-0.25, -0.2) is 9.59 Å². The van der Waals surface area contributed by atoms with Crippen molar-refractivity contribution in [1.82, 2.24) is 15.1 Å². The number of aliphatic hydroxyl groups is 2. The highest BCUT2D eigenvalue weighted by Crippen LogP contribution is 2.70. The molecular formula is C30H47N3O5. The Bertz CT molecular complexity index is 1000. The molecule has 0 unspecified atom stereocenters. The van der Waals surface area contributed by atoms with Gasteiger partial charge in [0.25, 0.3) is 0 Å². The average molecular weight is 530 g/mol. The van der Waals surface area contributed by atoms with Crippen LogP contribution in [-0.2, 0) is 9.53 Å². The number of amides is 2. The molecule has 9 atom stereocenters. The summed E-state index contributed by atoms with van der Waals surface area (Å²) in [5.41, 5.74) is 0.389. The molecule has 3 N–H and O–H groups in total. The van der Waals surface area contributed by atoms with Gasteiger partial charge in [-0.2, -0.15) is 0 Å². The summed E-state index contributed by atoms with van der Waals surface area (Å²) in [7, 11) is 1.96. The van der Waals surface area contributed by atoms with Crippen molar-refractivity contribution in [3.05, 3.63) is 11.6 Å². The smallest absolute Gasteiger partial charge is 0.331 e. The first-order valence-corrected chi connectivity index (χ1v) is 15.1. The number of fused-ring (bicyclic) bond motifs is 5. The Hall–Kier alpha value is -1.64. The Morgan fingerprint density at radius 1 is 1.16 bits per heavy atom. The van der Waals surface area contributed by atoms with Gasteiger partial charge in [-0.1, -0.05) is 13.8 Å². The second-order valence-electron chi connectivity index (χ2n) is 13.8. The van der Waals surface area contributed by atoms with E-state index >= 15 is 0 Å². The van der Waals surface area contributed by atoms with Gasteiger partial charge in [-0.15, -0.1) is 0 Å². The van der Waals surface area contributed by atoms with Gasteiger partial charge >= 0.3 is 12.0 Å². The van der Waals surface area contributed by atoms with Gasteiger partial charge in [-0.3, -0.25) is 0 Å². The van der Waals surface area contributed by atoms with Gasteiger partial charge in [0.05, 0.1) is 18.2 Å². The van der Waals surface area contributed by atoms with Gasteiger partial charge in [0, 0.05) is 44.2 Å². The number of cyclic esters (lactones) is 1. The number of hydrogen-bond donors (Lipinski definition) is 3. The van der Waals surface area contributed by atoms with Gasteiger partial charge < -0.3 is 30.1 Å². The van der Waals surface area contributed by atoms with Crippen LogP contribution in [0.15, 0.2) is 11.6 Å². The number of nitrogens with zero attached hydrogens (tertiary/aromatic N) is 2. The van der Waals surface area contributed by atoms with Crippen LogP contribution in [0.3, 0.4) is 0 Å². The van der Waals surface area contributed by atoms with E-state index in [2.05, 4.69) is 19.2 Å². The molecule has 2 amide bonds. The van der Waals surface area contributed by atoms with E-state index in [-0.39, 0.29) is 47.4 Å². The molecule has 4 aliphatic carbocycles. The molecule has 2 heterocycles. The average Bonchev–Trinajstić information content (AvgIpc) is 3.46. The summed E-state index contributed by atoms with van der Waals surface area (Å²) in [6.07, 6.45) is 10.9. The minimum absolute atomic E-state index is 0.00961. The summed E-state index contributed by atoms with van der Waals surface area (Å²) in [4.78, 5) is 29.1. The first kappa shape index (κ1) is 26.6. The maximum atomic E-state index is 13.4. The Labute approximate surface area is 227 Å². The fourth-order valence-corrected chi connectivity index (χ4v) is 10.3. The van der Waals surface area contributed by atoms with Crippen LogP contribution in [0.2, 0.25) is 0 Å². The Morgan fingerprint density at radius 3 is 2.71 bits per heavy atom. The highest BCUT2D eigenvalue weighted by Gasteiger charge is 2.67. The van der Waals surface area contributed by atoms with Crippen molar-refractivity contribution >= 4 is 12.0 Å². The number of carbonyl (C=O) groups is 2. The fourth-order valence-electron chi connectivity index (χ4n) is 10.3. The van der Waals surface area contributed by atoms with Crippen LogP contribution in [0.25, 0.3) is 0 Å². The second-order valence-corrected chi connectivity index (χ2v) is 13.8. The van der Waals surface area contributed by atoms with Gasteiger partial charge in [-0.05, 0) is 92.4 Å². The number of nitrogens with one attached hydrogen (secondary N) is 1. The molecule has 0 bridgehead atoms. The summed E-state index contributed by atoms with van der Waals surface area (Å²) >= 11 is 0. The van der Waals surface area contributed by atoms with Gasteiger partial charge in [0.15, 0.2) is 0 Å². The van der Waals surface area contributed by atoms with Crippen molar-refractivity contribution in [2.75, 3.05) is 39.9 Å². The van der Waals surface area contributed by atoms with Crippen molar-refractivity contribution in [1.29, 1.82) is 0 Å². The van der Waals surface area contributed by atoms with Crippen LogP contribution in [0, 0.1) is 34.5 Å². The number of urea groups is 1. The van der Waals surface area contributed by atoms with Crippen LogP contribution in [-0.4, -0.2) is 89.6 Å². The fraction of sp³-hybridized carbons (Fsp3) is 0.867. The quantitative estimate of drug-likeness (QED) is 0.486. The molecule has 1 saturated heterocycles. The molecule has 2 aliphatic heterocycles. The summed E-state index contributed by atoms with van der Waals surface area (Å²) < 4.78 is 5.27. The molecule has 6 aliphatic rings. The number of hydrogen-bond acceptors (Lipinski definition) is 6. The van der Waals surface area contributed by atoms with Crippen molar-refractivity contribution in [2.24, 2.45) is 34.5 Å². The van der Waals surface area contributed by atoms with E-state index in [1.54, 1.807) is 6.08 Å². The van der Waals surface area contributed by atoms with E-state index in [0.29, 0.717) is 37.5 Å². The SMILES string of the molecule is CN(C(=O)N1CCNC[C@@H]1CO)[C@H]1CC[C@@]2(C)[C@H](CC[C@@H]3[C@@H]2CC[C@]2(C)[C@@H](C4=CC(=O)OC4)CC[C@]32O)C1. The molecule has 38 heavy (non-hydrogen) atoms. The molecule has 5 fully saturated rings. The molecule has 8 nitrogen and oxygen atoms in total. The maximum Gasteiger partial charge on any atom is 0.331 e. The molecule has 0 spiro atoms. The largest absolute Gasteiger partial charge is 0.458 e. The van der Waals surface area contributed by atoms with E-state index in [1.807, 2.05) is 16.8 Å². The Balaban J connectivity index is 1.17. The lowest BCUT2D eigenvalue weighted by Crippen LogP contribution is -2.63. The molecule has 212 valence electrons. The molecule has 6 rings (SSSR count). The molecule has 0 aromatic rings. The predicted octanol–water partition coefficient (Wildman–Crippen LogP) is 2.93. The number of rotatable bonds is 3. The van der Waals surface area contributed by atoms with E-state index < -0.39 is 5.60 Å². The first-order chi connectivity index (χ1) is 18.1. The number of esters is 1. The van der Waals surface area contributed by atoms with Gasteiger partial charge in [0.2, 0.25) is 0 Å². The minimum Gasteiger partial charge on any atom is -0.458 e. The zero-order valence-corrected chi connectivity index (χ0v) is 23.5. The van der Waals surface area contributed by atoms with Crippen molar-refractivity contribution in [3.8, 4) is 0 Å². The van der Waals surface area contributed by atoms with E-state index in [1.165, 1.54) is 0 Å². The molecule has 4 saturated carbocycles. The van der Waals surface area contributed by atoms with Crippen molar-refractivity contribution < 1.29 is 24.5 Å². The summed E-state index contributed by atoms with van der Waals surface area (Å²) in [6.45, 7) is 7.21. The monoisotopic (exact) mass is 529 g/mol. The number of carbonyl (C=O) groups excluding carboxylic acids is 2. The molecule has 0 aromatic carbocycles. The lowest BCUT2D eigenvalue weighted by molar-refractivity contribution is -0.206. The zero-order chi connectivity index (χ0) is 26.9. The number of piperazine rings is 1. The molecule has 0 radical (unpaired) electrons. The predicted molar refractivity (Wildman–Crippen MR) is 143 cm³/mol. The zero-order valence-electron chi connectivity index (χ0n) is 23.5. The summed E-state index contributed by atoms with van der Waals surface area (Å²) in [5.74, 6) is 1.36. The third kappa shape index (κ3) is 3.80. The summed E-state index contributed by atoms with van der Waals surface area (Å²) in [5, 5.41) is 25.5. The highest BCUT2D eigenvalue weighted by atomic mass is 16.5. The van der Waals surface area contributed by atoms with Crippen molar-refractivity contribution in [3.63, 3.8) is 0 Å². The number of ether oxygens (including phenoxy) is 1. The number of aliphatic hydroxyl groups excluding tert-OH is 1. The molecular weight excluding hydrogens is 482 g/mol. The van der Waals surface area contributed by atoms with Crippen LogP contribution in [0.1, 0.15) is 71.6 Å². The standard InChI is InChI=1S/C30H47N3O5/c1-28-9-6-21(32(3)27(36)33-13-12-31-16-22(33)17-34)15-20(28)4-5-25-24(28)7-10-29(2)23(8-11-30(25,29)37)19-14-26(35)38-18-19/h14,20-25,31,34,37H,4-13,15-18H2,1-3H3/t20-,21+,22-,23-,24+,25-,28+,29-,30+/m1/s1. The van der Waals surface area contributed by atoms with E-state index in [0.717, 1.165) is 69.9 Å². The van der Waals surface area contributed by atoms with Crippen LogP contribution >= 0.6 is 0 Å². The van der Waals surface area contributed by atoms with Crippen molar-refractivity contribution in [2.45, 2.75) is 89.3 Å². The van der Waals surface area contributed by atoms with Crippen LogP contribution < -0.4 is 5.32 Å². The second kappa shape index (κ2) is 9.48. The van der Waals surface area contributed by atoms with Crippen LogP contribution in [0.5, 0.6) is 0 Å². The van der Waals surface area contributed by atoms with Crippen LogP contribution in [0.4, 0.5) is 4.79 Å². The lowest BCUT2D eigenvalue weighted by Gasteiger charge is -2.64. The van der Waals surface area contributed by atoms with Gasteiger partial charge in [0.1, 0.15) is 6.61 Å². The maximum absolute atomic E-state index is 13.4. The van der Waals surface area contributed by atoms with E-state index in [9.17, 15) is 19.8 Å². The minimum atomic E-state index is -0.688. The molecule has 0 aromatic heterocycles. The third-order valence-electron chi connectivity index (χ3n) is 12.6. The lowest BCUT2D eigenvalue weighted by atomic mass is 9.43. The van der Waals surface area contributed by atoms with E-state index in [4.69, 9.17) is 4.74 Å². The Kier molecular flexibility index (Phi) is 6.63. The highest BCUT2D eigenvalue weighted by molar-refractivity contribution is 5.85. The normalized spacial score (nSPS) is 46.5. The first-order valence-electron chi connectivity index (χ1n) is 15.1. The summed E-state index contributed by atoms with van der Waals surface area (Å²) in [6, 6.07) is 0.127.